The third-order valence-electron chi connectivity index (χ3n) is 2.68. The van der Waals surface area contributed by atoms with Crippen molar-refractivity contribution >= 4 is 5.91 Å². The highest BCUT2D eigenvalue weighted by Gasteiger charge is 2.22. The van der Waals surface area contributed by atoms with Crippen molar-refractivity contribution in [2.75, 3.05) is 26.3 Å². The Morgan fingerprint density at radius 1 is 1.43 bits per heavy atom. The normalized spacial score (nSPS) is 22.4. The highest BCUT2D eigenvalue weighted by Crippen LogP contribution is 2.16. The van der Waals surface area contributed by atoms with E-state index in [1.807, 2.05) is 0 Å². The lowest BCUT2D eigenvalue weighted by Gasteiger charge is -2.31. The van der Waals surface area contributed by atoms with Gasteiger partial charge in [-0.1, -0.05) is 0 Å². The molecule has 82 valence electrons. The van der Waals surface area contributed by atoms with Crippen LogP contribution in [0, 0.1) is 5.92 Å². The Morgan fingerprint density at radius 2 is 2.21 bits per heavy atom. The lowest BCUT2D eigenvalue weighted by molar-refractivity contribution is -0.133. The van der Waals surface area contributed by atoms with Crippen LogP contribution >= 0.6 is 0 Å². The summed E-state index contributed by atoms with van der Waals surface area (Å²) in [6.45, 7) is 1.73. The predicted octanol–water partition coefficient (Wildman–Crippen LogP) is -0.0102. The van der Waals surface area contributed by atoms with E-state index in [1.54, 1.807) is 4.90 Å². The second-order valence-electron chi connectivity index (χ2n) is 3.86. The van der Waals surface area contributed by atoms with Gasteiger partial charge in [-0.15, -0.1) is 0 Å². The van der Waals surface area contributed by atoms with Crippen LogP contribution in [0.15, 0.2) is 0 Å². The molecule has 1 amide bonds. The first-order valence-electron chi connectivity index (χ1n) is 5.27. The number of carbonyl (C=O) groups excluding carboxylic acids is 1. The van der Waals surface area contributed by atoms with Gasteiger partial charge < -0.3 is 15.1 Å². The van der Waals surface area contributed by atoms with Crippen molar-refractivity contribution in [1.29, 1.82) is 0 Å². The molecule has 1 fully saturated rings. The molecule has 14 heavy (non-hydrogen) atoms. The van der Waals surface area contributed by atoms with Gasteiger partial charge in [0, 0.05) is 32.7 Å². The van der Waals surface area contributed by atoms with Crippen molar-refractivity contribution in [2.45, 2.75) is 25.7 Å². The van der Waals surface area contributed by atoms with Crippen molar-refractivity contribution in [3.63, 3.8) is 0 Å². The van der Waals surface area contributed by atoms with E-state index in [0.29, 0.717) is 19.4 Å². The summed E-state index contributed by atoms with van der Waals surface area (Å²) in [6, 6.07) is 0. The van der Waals surface area contributed by atoms with Gasteiger partial charge in [0.15, 0.2) is 0 Å². The molecular weight excluding hydrogens is 182 g/mol. The first-order chi connectivity index (χ1) is 6.77. The summed E-state index contributed by atoms with van der Waals surface area (Å²) in [6.07, 6.45) is 2.96. The molecule has 1 heterocycles. The summed E-state index contributed by atoms with van der Waals surface area (Å²) >= 11 is 0. The lowest BCUT2D eigenvalue weighted by atomic mass is 9.99. The van der Waals surface area contributed by atoms with E-state index in [-0.39, 0.29) is 25.0 Å². The minimum Gasteiger partial charge on any atom is -0.396 e. The molecule has 1 aliphatic heterocycles. The molecule has 0 aromatic carbocycles. The van der Waals surface area contributed by atoms with Gasteiger partial charge in [-0.05, 0) is 25.2 Å². The largest absolute Gasteiger partial charge is 0.396 e. The highest BCUT2D eigenvalue weighted by molar-refractivity contribution is 5.76. The Hall–Kier alpha value is -0.610. The number of hydrogen-bond donors (Lipinski definition) is 2. The molecule has 0 spiro atoms. The van der Waals surface area contributed by atoms with Crippen molar-refractivity contribution < 1.29 is 15.0 Å². The SMILES string of the molecule is O=C(CCCO)N1CCCC(CO)C1. The number of aliphatic hydroxyl groups is 2. The maximum absolute atomic E-state index is 11.6. The highest BCUT2D eigenvalue weighted by atomic mass is 16.3. The first-order valence-corrected chi connectivity index (χ1v) is 5.27. The molecule has 4 heteroatoms. The fourth-order valence-electron chi connectivity index (χ4n) is 1.83. The average Bonchev–Trinajstić information content (AvgIpc) is 2.26. The fourth-order valence-corrected chi connectivity index (χ4v) is 1.83. The third kappa shape index (κ3) is 3.27. The van der Waals surface area contributed by atoms with E-state index in [0.717, 1.165) is 19.4 Å². The Bertz CT molecular complexity index is 184. The van der Waals surface area contributed by atoms with Gasteiger partial charge in [-0.2, -0.15) is 0 Å². The molecule has 0 aromatic heterocycles. The number of aliphatic hydroxyl groups excluding tert-OH is 2. The van der Waals surface area contributed by atoms with Crippen molar-refractivity contribution in [1.82, 2.24) is 4.90 Å². The van der Waals surface area contributed by atoms with E-state index in [1.165, 1.54) is 0 Å². The number of rotatable bonds is 4. The summed E-state index contributed by atoms with van der Waals surface area (Å²) in [5.74, 6) is 0.360. The predicted molar refractivity (Wildman–Crippen MR) is 52.7 cm³/mol. The van der Waals surface area contributed by atoms with Gasteiger partial charge in [-0.25, -0.2) is 0 Å². The van der Waals surface area contributed by atoms with Gasteiger partial charge in [0.2, 0.25) is 5.91 Å². The number of amides is 1. The van der Waals surface area contributed by atoms with Gasteiger partial charge in [0.1, 0.15) is 0 Å². The smallest absolute Gasteiger partial charge is 0.222 e. The number of carbonyl (C=O) groups is 1. The van der Waals surface area contributed by atoms with E-state index < -0.39 is 0 Å². The summed E-state index contributed by atoms with van der Waals surface area (Å²) in [7, 11) is 0. The van der Waals surface area contributed by atoms with Gasteiger partial charge in [-0.3, -0.25) is 4.79 Å². The molecule has 1 aliphatic rings. The summed E-state index contributed by atoms with van der Waals surface area (Å²) in [5.41, 5.74) is 0. The Balaban J connectivity index is 2.31. The fraction of sp³-hybridized carbons (Fsp3) is 0.900. The van der Waals surface area contributed by atoms with Gasteiger partial charge in [0.25, 0.3) is 0 Å². The molecule has 0 saturated carbocycles. The Morgan fingerprint density at radius 3 is 2.86 bits per heavy atom. The van der Waals surface area contributed by atoms with Crippen LogP contribution in [0.3, 0.4) is 0 Å². The maximum atomic E-state index is 11.6. The van der Waals surface area contributed by atoms with E-state index in [2.05, 4.69) is 0 Å². The topological polar surface area (TPSA) is 60.8 Å². The quantitative estimate of drug-likeness (QED) is 0.672. The molecule has 0 radical (unpaired) electrons. The monoisotopic (exact) mass is 201 g/mol. The van der Waals surface area contributed by atoms with Crippen LogP contribution < -0.4 is 0 Å². The van der Waals surface area contributed by atoms with Crippen LogP contribution in [-0.4, -0.2) is 47.3 Å². The number of likely N-dealkylation sites (tertiary alicyclic amines) is 1. The maximum Gasteiger partial charge on any atom is 0.222 e. The molecule has 4 nitrogen and oxygen atoms in total. The summed E-state index contributed by atoms with van der Waals surface area (Å²) in [4.78, 5) is 13.4. The number of nitrogens with zero attached hydrogens (tertiary/aromatic N) is 1. The van der Waals surface area contributed by atoms with Crippen molar-refractivity contribution in [3.8, 4) is 0 Å². The van der Waals surface area contributed by atoms with Crippen molar-refractivity contribution in [2.24, 2.45) is 5.92 Å². The Labute approximate surface area is 84.5 Å². The molecule has 2 N–H and O–H groups in total. The minimum absolute atomic E-state index is 0.0724. The molecule has 1 saturated heterocycles. The first kappa shape index (κ1) is 11.5. The van der Waals surface area contributed by atoms with E-state index >= 15 is 0 Å². The van der Waals surface area contributed by atoms with Gasteiger partial charge >= 0.3 is 0 Å². The molecule has 0 bridgehead atoms. The molecular formula is C10H19NO3. The number of hydrogen-bond acceptors (Lipinski definition) is 3. The van der Waals surface area contributed by atoms with E-state index in [4.69, 9.17) is 10.2 Å². The van der Waals surface area contributed by atoms with Crippen LogP contribution in [0.4, 0.5) is 0 Å². The van der Waals surface area contributed by atoms with Crippen LogP contribution in [-0.2, 0) is 4.79 Å². The zero-order valence-electron chi connectivity index (χ0n) is 8.48. The number of piperidine rings is 1. The second kappa shape index (κ2) is 5.98. The molecule has 1 unspecified atom stereocenters. The second-order valence-corrected chi connectivity index (χ2v) is 3.86. The van der Waals surface area contributed by atoms with E-state index in [9.17, 15) is 4.79 Å². The van der Waals surface area contributed by atoms with Crippen molar-refractivity contribution in [3.05, 3.63) is 0 Å². The van der Waals surface area contributed by atoms with Gasteiger partial charge in [0.05, 0.1) is 0 Å². The molecule has 1 rings (SSSR count). The summed E-state index contributed by atoms with van der Waals surface area (Å²) < 4.78 is 0. The molecule has 0 aliphatic carbocycles. The summed E-state index contributed by atoms with van der Waals surface area (Å²) in [5, 5.41) is 17.6. The van der Waals surface area contributed by atoms with Crippen LogP contribution in [0.1, 0.15) is 25.7 Å². The zero-order chi connectivity index (χ0) is 10.4. The Kier molecular flexibility index (Phi) is 4.90. The standard InChI is InChI=1S/C10H19NO3/c12-6-2-4-10(14)11-5-1-3-9(7-11)8-13/h9,12-13H,1-8H2. The zero-order valence-corrected chi connectivity index (χ0v) is 8.48. The molecule has 1 atom stereocenters. The van der Waals surface area contributed by atoms with Crippen LogP contribution in [0.5, 0.6) is 0 Å². The average molecular weight is 201 g/mol. The minimum atomic E-state index is 0.0724. The van der Waals surface area contributed by atoms with Crippen LogP contribution in [0.25, 0.3) is 0 Å². The lowest BCUT2D eigenvalue weighted by Crippen LogP contribution is -2.40. The van der Waals surface area contributed by atoms with Crippen LogP contribution in [0.2, 0.25) is 0 Å². The third-order valence-corrected chi connectivity index (χ3v) is 2.68. The molecule has 0 aromatic rings.